The van der Waals surface area contributed by atoms with E-state index in [0.29, 0.717) is 35.7 Å². The van der Waals surface area contributed by atoms with Crippen LogP contribution in [0.3, 0.4) is 0 Å². The average molecular weight is 365 g/mol. The van der Waals surface area contributed by atoms with Gasteiger partial charge in [-0.2, -0.15) is 0 Å². The van der Waals surface area contributed by atoms with Gasteiger partial charge < -0.3 is 14.3 Å². The molecular weight excluding hydrogens is 328 g/mol. The lowest BCUT2D eigenvalue weighted by Crippen LogP contribution is -2.43. The van der Waals surface area contributed by atoms with E-state index in [4.69, 9.17) is 4.43 Å². The molecule has 7 atom stereocenters. The van der Waals surface area contributed by atoms with E-state index in [0.717, 1.165) is 32.0 Å². The Morgan fingerprint density at radius 1 is 1.16 bits per heavy atom. The fraction of sp³-hybridized carbons (Fsp3) is 0.857. The summed E-state index contributed by atoms with van der Waals surface area (Å²) in [5.74, 6) is 2.84. The molecule has 0 unspecified atom stereocenters. The predicted molar refractivity (Wildman–Crippen MR) is 104 cm³/mol. The Morgan fingerprint density at radius 3 is 2.48 bits per heavy atom. The molecule has 3 aliphatic carbocycles. The van der Waals surface area contributed by atoms with Gasteiger partial charge in [-0.05, 0) is 73.4 Å². The van der Waals surface area contributed by atoms with E-state index in [1.807, 2.05) is 0 Å². The summed E-state index contributed by atoms with van der Waals surface area (Å²) in [5, 5.41) is 9.66. The first kappa shape index (κ1) is 19.3. The van der Waals surface area contributed by atoms with Gasteiger partial charge in [0.05, 0.1) is 0 Å². The number of hydrogen-bond acceptors (Lipinski definition) is 3. The second-order valence-corrected chi connectivity index (χ2v) is 14.9. The van der Waals surface area contributed by atoms with Gasteiger partial charge in [0.25, 0.3) is 0 Å². The maximum Gasteiger partial charge on any atom is 0.192 e. The molecule has 0 bridgehead atoms. The van der Waals surface area contributed by atoms with Crippen molar-refractivity contribution < 1.29 is 14.3 Å². The van der Waals surface area contributed by atoms with Crippen LogP contribution in [0, 0.1) is 35.5 Å². The average Bonchev–Trinajstić information content (AvgIpc) is 3.06. The van der Waals surface area contributed by atoms with Crippen LogP contribution in [-0.4, -0.2) is 32.4 Å². The summed E-state index contributed by atoms with van der Waals surface area (Å²) < 4.78 is 6.73. The normalized spacial score (nSPS) is 40.8. The Morgan fingerprint density at radius 2 is 1.88 bits per heavy atom. The third kappa shape index (κ3) is 3.54. The quantitative estimate of drug-likeness (QED) is 0.446. The van der Waals surface area contributed by atoms with Crippen molar-refractivity contribution in [2.24, 2.45) is 35.5 Å². The fourth-order valence-electron chi connectivity index (χ4n) is 5.43. The standard InChI is InChI=1S/C21H36O3Si/c1-21(2,3)25(4,5)24-16-10-14-6-7-18-17(8-9-22)15(13-23)11-20(18)19(14)12-16/h6-7,13-20,22H,8-12H2,1-5H3/t14-,15-,16+,17+,18+,19-,20-/m0/s1. The van der Waals surface area contributed by atoms with Gasteiger partial charge in [0.15, 0.2) is 8.32 Å². The number of carbonyl (C=O) groups is 1. The summed E-state index contributed by atoms with van der Waals surface area (Å²) in [6.45, 7) is 11.8. The van der Waals surface area contributed by atoms with Gasteiger partial charge in [0, 0.05) is 18.6 Å². The molecule has 0 aliphatic heterocycles. The van der Waals surface area contributed by atoms with Gasteiger partial charge in [0.2, 0.25) is 0 Å². The molecule has 3 nitrogen and oxygen atoms in total. The molecule has 0 aromatic rings. The van der Waals surface area contributed by atoms with Crippen LogP contribution in [0.25, 0.3) is 0 Å². The van der Waals surface area contributed by atoms with Crippen molar-refractivity contribution in [1.29, 1.82) is 0 Å². The van der Waals surface area contributed by atoms with Crippen LogP contribution in [0.15, 0.2) is 12.2 Å². The summed E-state index contributed by atoms with van der Waals surface area (Å²) in [6, 6.07) is 0. The van der Waals surface area contributed by atoms with Crippen LogP contribution in [0.5, 0.6) is 0 Å². The van der Waals surface area contributed by atoms with E-state index in [2.05, 4.69) is 46.0 Å². The minimum atomic E-state index is -1.73. The van der Waals surface area contributed by atoms with E-state index in [9.17, 15) is 9.90 Å². The highest BCUT2D eigenvalue weighted by atomic mass is 28.4. The van der Waals surface area contributed by atoms with Gasteiger partial charge >= 0.3 is 0 Å². The Bertz CT molecular complexity index is 522. The van der Waals surface area contributed by atoms with Crippen molar-refractivity contribution in [2.75, 3.05) is 6.61 Å². The molecule has 0 aromatic heterocycles. The Labute approximate surface area is 154 Å². The first-order valence-electron chi connectivity index (χ1n) is 10.1. The number of carbonyl (C=O) groups excluding carboxylic acids is 1. The largest absolute Gasteiger partial charge is 0.414 e. The molecule has 2 saturated carbocycles. The molecule has 2 fully saturated rings. The van der Waals surface area contributed by atoms with Crippen molar-refractivity contribution in [2.45, 2.75) is 70.7 Å². The number of allylic oxidation sites excluding steroid dienone is 2. The van der Waals surface area contributed by atoms with Crippen LogP contribution in [-0.2, 0) is 9.22 Å². The maximum atomic E-state index is 11.6. The Hall–Kier alpha value is -0.453. The first-order valence-corrected chi connectivity index (χ1v) is 13.0. The number of aliphatic hydroxyl groups excluding tert-OH is 1. The van der Waals surface area contributed by atoms with Crippen LogP contribution < -0.4 is 0 Å². The molecule has 0 aromatic carbocycles. The number of fused-ring (bicyclic) bond motifs is 3. The lowest BCUT2D eigenvalue weighted by atomic mass is 9.71. The molecular formula is C21H36O3Si. The molecule has 4 heteroatoms. The number of aliphatic hydroxyl groups is 1. The van der Waals surface area contributed by atoms with Crippen LogP contribution in [0.2, 0.25) is 18.1 Å². The van der Waals surface area contributed by atoms with E-state index in [-0.39, 0.29) is 17.6 Å². The SMILES string of the molecule is CC(C)(C)[Si](C)(C)O[C@H]1C[C@@H]2[C@H]3C[C@@H](C=O)[C@@H](CCO)[C@H]3C=C[C@H]2C1. The lowest BCUT2D eigenvalue weighted by molar-refractivity contribution is -0.112. The number of aldehydes is 1. The van der Waals surface area contributed by atoms with Crippen molar-refractivity contribution in [3.63, 3.8) is 0 Å². The van der Waals surface area contributed by atoms with Crippen LogP contribution >= 0.6 is 0 Å². The third-order valence-corrected chi connectivity index (χ3v) is 12.3. The minimum Gasteiger partial charge on any atom is -0.414 e. The van der Waals surface area contributed by atoms with E-state index < -0.39 is 8.32 Å². The fourth-order valence-corrected chi connectivity index (χ4v) is 6.81. The molecule has 0 spiro atoms. The van der Waals surface area contributed by atoms with E-state index >= 15 is 0 Å². The van der Waals surface area contributed by atoms with Gasteiger partial charge in [0.1, 0.15) is 6.29 Å². The number of rotatable bonds is 5. The maximum absolute atomic E-state index is 11.6. The minimum absolute atomic E-state index is 0.130. The summed E-state index contributed by atoms with van der Waals surface area (Å²) in [7, 11) is -1.73. The highest BCUT2D eigenvalue weighted by Crippen LogP contribution is 2.56. The summed E-state index contributed by atoms with van der Waals surface area (Å²) in [6.07, 6.45) is 10.4. The smallest absolute Gasteiger partial charge is 0.192 e. The molecule has 0 saturated heterocycles. The molecule has 142 valence electrons. The molecule has 1 N–H and O–H groups in total. The zero-order valence-electron chi connectivity index (χ0n) is 16.6. The van der Waals surface area contributed by atoms with Gasteiger partial charge in [-0.1, -0.05) is 32.9 Å². The highest BCUT2D eigenvalue weighted by Gasteiger charge is 2.52. The Balaban J connectivity index is 1.71. The van der Waals surface area contributed by atoms with E-state index in [1.165, 1.54) is 0 Å². The van der Waals surface area contributed by atoms with Gasteiger partial charge in [-0.3, -0.25) is 0 Å². The number of hydrogen-bond donors (Lipinski definition) is 1. The summed E-state index contributed by atoms with van der Waals surface area (Å²) >= 11 is 0. The van der Waals surface area contributed by atoms with Crippen molar-refractivity contribution in [3.05, 3.63) is 12.2 Å². The molecule has 0 heterocycles. The second-order valence-electron chi connectivity index (χ2n) is 10.1. The molecule has 3 aliphatic rings. The van der Waals surface area contributed by atoms with Crippen molar-refractivity contribution >= 4 is 14.6 Å². The highest BCUT2D eigenvalue weighted by molar-refractivity contribution is 6.74. The second kappa shape index (κ2) is 6.93. The van der Waals surface area contributed by atoms with E-state index in [1.54, 1.807) is 0 Å². The van der Waals surface area contributed by atoms with Crippen LogP contribution in [0.1, 0.15) is 46.5 Å². The Kier molecular flexibility index (Phi) is 5.36. The molecule has 25 heavy (non-hydrogen) atoms. The summed E-state index contributed by atoms with van der Waals surface area (Å²) in [4.78, 5) is 11.6. The van der Waals surface area contributed by atoms with Gasteiger partial charge in [-0.15, -0.1) is 0 Å². The summed E-state index contributed by atoms with van der Waals surface area (Å²) in [5.41, 5.74) is 0. The molecule has 3 rings (SSSR count). The van der Waals surface area contributed by atoms with Gasteiger partial charge in [-0.25, -0.2) is 0 Å². The lowest BCUT2D eigenvalue weighted by Gasteiger charge is -2.38. The monoisotopic (exact) mass is 364 g/mol. The van der Waals surface area contributed by atoms with Crippen molar-refractivity contribution in [3.8, 4) is 0 Å². The molecule has 0 radical (unpaired) electrons. The topological polar surface area (TPSA) is 46.5 Å². The third-order valence-electron chi connectivity index (χ3n) is 7.74. The van der Waals surface area contributed by atoms with Crippen LogP contribution in [0.4, 0.5) is 0 Å². The zero-order chi connectivity index (χ0) is 18.4. The zero-order valence-corrected chi connectivity index (χ0v) is 17.6. The van der Waals surface area contributed by atoms with Crippen molar-refractivity contribution in [1.82, 2.24) is 0 Å². The molecule has 0 amide bonds. The predicted octanol–water partition coefficient (Wildman–Crippen LogP) is 4.42. The first-order chi connectivity index (χ1) is 11.7.